The Morgan fingerprint density at radius 1 is 1.40 bits per heavy atom. The molecule has 2 aromatic heterocycles. The molecule has 0 spiro atoms. The highest BCUT2D eigenvalue weighted by atomic mass is 35.5. The summed E-state index contributed by atoms with van der Waals surface area (Å²) in [7, 11) is 0. The molecule has 0 amide bonds. The van der Waals surface area contributed by atoms with Gasteiger partial charge in [-0.05, 0) is 5.21 Å². The molecule has 0 bridgehead atoms. The van der Waals surface area contributed by atoms with Crippen molar-refractivity contribution in [3.8, 4) is 0 Å². The summed E-state index contributed by atoms with van der Waals surface area (Å²) in [6, 6.07) is 0. The fourth-order valence-corrected chi connectivity index (χ4v) is 1.43. The molecule has 4 nitrogen and oxygen atoms in total. The van der Waals surface area contributed by atoms with Crippen molar-refractivity contribution in [3.63, 3.8) is 0 Å². The minimum absolute atomic E-state index is 0.311. The second kappa shape index (κ2) is 2.10. The van der Waals surface area contributed by atoms with Gasteiger partial charge in [0.1, 0.15) is 5.52 Å². The van der Waals surface area contributed by atoms with Crippen LogP contribution in [0.2, 0.25) is 5.15 Å². The van der Waals surface area contributed by atoms with Gasteiger partial charge in [-0.2, -0.15) is 0 Å². The first-order chi connectivity index (χ1) is 4.88. The summed E-state index contributed by atoms with van der Waals surface area (Å²) in [6.07, 6.45) is 0. The number of halogens is 1. The number of thiazole rings is 1. The second-order valence-electron chi connectivity index (χ2n) is 1.59. The summed E-state index contributed by atoms with van der Waals surface area (Å²) < 4.78 is 0. The molecule has 0 aromatic carbocycles. The second-order valence-corrected chi connectivity index (χ2v) is 2.78. The first-order valence-corrected chi connectivity index (χ1v) is 3.72. The number of aromatic nitrogens is 4. The van der Waals surface area contributed by atoms with Crippen LogP contribution in [0.1, 0.15) is 0 Å². The predicted molar refractivity (Wildman–Crippen MR) is 38.0 cm³/mol. The van der Waals surface area contributed by atoms with Crippen LogP contribution >= 0.6 is 22.9 Å². The van der Waals surface area contributed by atoms with Crippen LogP contribution in [0.5, 0.6) is 0 Å². The standard InChI is InChI=1S/C4HClN4S/c5-3-2-4(8-9-7-3)10-1-6-2/h1H. The monoisotopic (exact) mass is 172 g/mol. The van der Waals surface area contributed by atoms with Crippen LogP contribution in [0.25, 0.3) is 10.3 Å². The highest BCUT2D eigenvalue weighted by molar-refractivity contribution is 7.16. The molecular formula is C4HClN4S. The lowest BCUT2D eigenvalue weighted by Crippen LogP contribution is -1.86. The Hall–Kier alpha value is -0.810. The lowest BCUT2D eigenvalue weighted by atomic mass is 10.6. The average molecular weight is 173 g/mol. The molecule has 6 heteroatoms. The molecule has 0 aliphatic carbocycles. The van der Waals surface area contributed by atoms with Gasteiger partial charge in [0.25, 0.3) is 0 Å². The average Bonchev–Trinajstić information content (AvgIpc) is 2.36. The molecule has 0 atom stereocenters. The zero-order valence-corrected chi connectivity index (χ0v) is 6.22. The maximum absolute atomic E-state index is 5.63. The molecule has 0 aliphatic heterocycles. The lowest BCUT2D eigenvalue weighted by Gasteiger charge is -1.84. The third-order valence-corrected chi connectivity index (χ3v) is 1.98. The SMILES string of the molecule is Clc1nnnc2scnc12. The number of rotatable bonds is 0. The zero-order chi connectivity index (χ0) is 6.97. The van der Waals surface area contributed by atoms with E-state index in [0.29, 0.717) is 10.7 Å². The molecule has 2 heterocycles. The topological polar surface area (TPSA) is 51.6 Å². The van der Waals surface area contributed by atoms with E-state index in [-0.39, 0.29) is 0 Å². The van der Waals surface area contributed by atoms with Gasteiger partial charge >= 0.3 is 0 Å². The van der Waals surface area contributed by atoms with Crippen molar-refractivity contribution in [2.75, 3.05) is 0 Å². The Bertz CT molecular complexity index is 359. The van der Waals surface area contributed by atoms with Crippen molar-refractivity contribution in [1.29, 1.82) is 0 Å². The van der Waals surface area contributed by atoms with E-state index in [2.05, 4.69) is 20.4 Å². The largest absolute Gasteiger partial charge is 0.240 e. The van der Waals surface area contributed by atoms with Gasteiger partial charge in [-0.15, -0.1) is 21.5 Å². The molecule has 50 valence electrons. The minimum Gasteiger partial charge on any atom is -0.240 e. The first-order valence-electron chi connectivity index (χ1n) is 2.46. The summed E-state index contributed by atoms with van der Waals surface area (Å²) in [4.78, 5) is 4.66. The van der Waals surface area contributed by atoms with Crippen molar-refractivity contribution < 1.29 is 0 Å². The van der Waals surface area contributed by atoms with Gasteiger partial charge in [0, 0.05) is 0 Å². The van der Waals surface area contributed by atoms with Gasteiger partial charge in [0.15, 0.2) is 9.98 Å². The predicted octanol–water partition coefficient (Wildman–Crippen LogP) is 1.13. The van der Waals surface area contributed by atoms with Crippen LogP contribution in [0, 0.1) is 0 Å². The maximum Gasteiger partial charge on any atom is 0.182 e. The summed E-state index contributed by atoms with van der Waals surface area (Å²) in [5, 5.41) is 11.0. The third-order valence-electron chi connectivity index (χ3n) is 1.01. The van der Waals surface area contributed by atoms with E-state index in [4.69, 9.17) is 11.6 Å². The summed E-state index contributed by atoms with van der Waals surface area (Å²) >= 11 is 7.02. The van der Waals surface area contributed by atoms with E-state index in [1.54, 1.807) is 5.51 Å². The Kier molecular flexibility index (Phi) is 1.25. The smallest absolute Gasteiger partial charge is 0.182 e. The van der Waals surface area contributed by atoms with Crippen LogP contribution in [0.3, 0.4) is 0 Å². The molecule has 2 rings (SSSR count). The van der Waals surface area contributed by atoms with Crippen LogP contribution in [-0.2, 0) is 0 Å². The third kappa shape index (κ3) is 0.748. The van der Waals surface area contributed by atoms with Crippen LogP contribution in [0.4, 0.5) is 0 Å². The quantitative estimate of drug-likeness (QED) is 0.598. The van der Waals surface area contributed by atoms with E-state index < -0.39 is 0 Å². The van der Waals surface area contributed by atoms with Crippen molar-refractivity contribution in [2.45, 2.75) is 0 Å². The van der Waals surface area contributed by atoms with E-state index >= 15 is 0 Å². The molecule has 0 aliphatic rings. The van der Waals surface area contributed by atoms with Gasteiger partial charge in [-0.1, -0.05) is 11.6 Å². The Labute approximate surface area is 64.9 Å². The summed E-state index contributed by atoms with van der Waals surface area (Å²) in [5.41, 5.74) is 2.29. The highest BCUT2D eigenvalue weighted by Gasteiger charge is 2.02. The van der Waals surface area contributed by atoms with E-state index in [0.717, 1.165) is 4.83 Å². The van der Waals surface area contributed by atoms with Gasteiger partial charge in [0.2, 0.25) is 0 Å². The molecular weight excluding hydrogens is 172 g/mol. The van der Waals surface area contributed by atoms with Crippen LogP contribution < -0.4 is 0 Å². The van der Waals surface area contributed by atoms with Crippen molar-refractivity contribution in [1.82, 2.24) is 20.4 Å². The number of hydrogen-bond acceptors (Lipinski definition) is 5. The summed E-state index contributed by atoms with van der Waals surface area (Å²) in [5.74, 6) is 0. The fraction of sp³-hybridized carbons (Fsp3) is 0. The van der Waals surface area contributed by atoms with Crippen molar-refractivity contribution in [2.24, 2.45) is 0 Å². The van der Waals surface area contributed by atoms with Crippen LogP contribution in [0.15, 0.2) is 5.51 Å². The normalized spacial score (nSPS) is 10.5. The Morgan fingerprint density at radius 2 is 2.30 bits per heavy atom. The van der Waals surface area contributed by atoms with Crippen LogP contribution in [-0.4, -0.2) is 20.4 Å². The molecule has 0 saturated carbocycles. The first kappa shape index (κ1) is 5.94. The van der Waals surface area contributed by atoms with E-state index in [1.807, 2.05) is 0 Å². The molecule has 0 N–H and O–H groups in total. The van der Waals surface area contributed by atoms with Crippen molar-refractivity contribution >= 4 is 33.3 Å². The van der Waals surface area contributed by atoms with Gasteiger partial charge < -0.3 is 0 Å². The van der Waals surface area contributed by atoms with E-state index in [1.165, 1.54) is 11.3 Å². The molecule has 0 fully saturated rings. The molecule has 2 aromatic rings. The van der Waals surface area contributed by atoms with E-state index in [9.17, 15) is 0 Å². The number of hydrogen-bond donors (Lipinski definition) is 0. The highest BCUT2D eigenvalue weighted by Crippen LogP contribution is 2.18. The maximum atomic E-state index is 5.63. The van der Waals surface area contributed by atoms with Gasteiger partial charge in [-0.25, -0.2) is 4.98 Å². The van der Waals surface area contributed by atoms with Gasteiger partial charge in [-0.3, -0.25) is 0 Å². The van der Waals surface area contributed by atoms with Crippen molar-refractivity contribution in [3.05, 3.63) is 10.7 Å². The Morgan fingerprint density at radius 3 is 3.10 bits per heavy atom. The Balaban J connectivity index is 2.95. The summed E-state index contributed by atoms with van der Waals surface area (Å²) in [6.45, 7) is 0. The molecule has 0 unspecified atom stereocenters. The fourth-order valence-electron chi connectivity index (χ4n) is 0.602. The number of fused-ring (bicyclic) bond motifs is 1. The molecule has 0 saturated heterocycles. The van der Waals surface area contributed by atoms with Gasteiger partial charge in [0.05, 0.1) is 5.51 Å². The molecule has 10 heavy (non-hydrogen) atoms. The molecule has 0 radical (unpaired) electrons. The minimum atomic E-state index is 0.311. The lowest BCUT2D eigenvalue weighted by molar-refractivity contribution is 0.898. The number of nitrogens with zero attached hydrogens (tertiary/aromatic N) is 4. The zero-order valence-electron chi connectivity index (χ0n) is 4.65.